The predicted octanol–water partition coefficient (Wildman–Crippen LogP) is 2.96. The molecule has 2 aromatic rings. The highest BCUT2D eigenvalue weighted by atomic mass is 15.2. The van der Waals surface area contributed by atoms with Crippen LogP contribution in [0.15, 0.2) is 54.6 Å². The Balaban J connectivity index is 1.52. The molecule has 3 N–H and O–H groups in total. The Hall–Kier alpha value is -1.64. The molecule has 2 aliphatic carbocycles. The zero-order valence-corrected chi connectivity index (χ0v) is 11.5. The van der Waals surface area contributed by atoms with Crippen molar-refractivity contribution in [2.24, 2.45) is 11.8 Å². The normalized spacial score (nSPS) is 28.4. The van der Waals surface area contributed by atoms with E-state index >= 15 is 0 Å². The second-order valence-corrected chi connectivity index (χ2v) is 6.12. The summed E-state index contributed by atoms with van der Waals surface area (Å²) in [6, 6.07) is 20.0. The summed E-state index contributed by atoms with van der Waals surface area (Å²) in [5.41, 5.74) is 7.56. The van der Waals surface area contributed by atoms with E-state index in [1.54, 1.807) is 0 Å². The first-order valence-corrected chi connectivity index (χ1v) is 7.47. The summed E-state index contributed by atoms with van der Waals surface area (Å²) < 4.78 is 0. The van der Waals surface area contributed by atoms with E-state index in [0.717, 1.165) is 0 Å². The molecular weight excluding hydrogens is 244 g/mol. The lowest BCUT2D eigenvalue weighted by molar-refractivity contribution is 0.364. The average Bonchev–Trinajstić information content (AvgIpc) is 3.26. The smallest absolute Gasteiger partial charge is 0.0316 e. The van der Waals surface area contributed by atoms with Crippen molar-refractivity contribution in [3.63, 3.8) is 0 Å². The van der Waals surface area contributed by atoms with Crippen LogP contribution >= 0.6 is 0 Å². The number of rotatable bonds is 4. The second kappa shape index (κ2) is 4.72. The van der Waals surface area contributed by atoms with Crippen LogP contribution in [0.25, 0.3) is 0 Å². The van der Waals surface area contributed by atoms with Crippen molar-refractivity contribution in [1.29, 1.82) is 0 Å². The molecule has 0 aromatic heterocycles. The quantitative estimate of drug-likeness (QED) is 0.658. The van der Waals surface area contributed by atoms with Gasteiger partial charge in [0.2, 0.25) is 0 Å². The van der Waals surface area contributed by atoms with Crippen molar-refractivity contribution < 1.29 is 0 Å². The minimum absolute atomic E-state index is 0.412. The SMILES string of the molecule is NNC(C1Cc2ccccc21)C1CC1c1ccccc1. The van der Waals surface area contributed by atoms with Crippen LogP contribution in [0.4, 0.5) is 0 Å². The highest BCUT2D eigenvalue weighted by Gasteiger charge is 2.48. The van der Waals surface area contributed by atoms with Gasteiger partial charge in [0.15, 0.2) is 0 Å². The van der Waals surface area contributed by atoms with Gasteiger partial charge in [-0.2, -0.15) is 0 Å². The van der Waals surface area contributed by atoms with E-state index in [-0.39, 0.29) is 0 Å². The fraction of sp³-hybridized carbons (Fsp3) is 0.333. The molecule has 2 heteroatoms. The lowest BCUT2D eigenvalue weighted by Gasteiger charge is -2.36. The Morgan fingerprint density at radius 3 is 2.50 bits per heavy atom. The van der Waals surface area contributed by atoms with Gasteiger partial charge in [0.25, 0.3) is 0 Å². The average molecular weight is 264 g/mol. The molecule has 4 atom stereocenters. The van der Waals surface area contributed by atoms with Crippen molar-refractivity contribution in [1.82, 2.24) is 5.43 Å². The number of hydrogen-bond donors (Lipinski definition) is 2. The molecule has 1 saturated carbocycles. The van der Waals surface area contributed by atoms with E-state index in [1.807, 2.05) is 0 Å². The Kier molecular flexibility index (Phi) is 2.86. The van der Waals surface area contributed by atoms with Crippen molar-refractivity contribution >= 4 is 0 Å². The summed E-state index contributed by atoms with van der Waals surface area (Å²) >= 11 is 0. The van der Waals surface area contributed by atoms with E-state index in [4.69, 9.17) is 5.84 Å². The third-order valence-electron chi connectivity index (χ3n) is 5.05. The summed E-state index contributed by atoms with van der Waals surface area (Å²) in [7, 11) is 0. The van der Waals surface area contributed by atoms with Gasteiger partial charge in [0.1, 0.15) is 0 Å². The molecule has 0 bridgehead atoms. The van der Waals surface area contributed by atoms with Gasteiger partial charge in [-0.15, -0.1) is 0 Å². The maximum atomic E-state index is 5.87. The molecule has 20 heavy (non-hydrogen) atoms. The number of hydrazine groups is 1. The zero-order valence-electron chi connectivity index (χ0n) is 11.5. The van der Waals surface area contributed by atoms with Crippen LogP contribution < -0.4 is 11.3 Å². The number of nitrogens with one attached hydrogen (secondary N) is 1. The lowest BCUT2D eigenvalue weighted by Crippen LogP contribution is -2.45. The molecule has 1 fully saturated rings. The third-order valence-corrected chi connectivity index (χ3v) is 5.05. The Labute approximate surface area is 120 Å². The largest absolute Gasteiger partial charge is 0.271 e. The first-order chi connectivity index (χ1) is 9.88. The molecule has 2 nitrogen and oxygen atoms in total. The van der Waals surface area contributed by atoms with Gasteiger partial charge in [-0.25, -0.2) is 0 Å². The topological polar surface area (TPSA) is 38.0 Å². The van der Waals surface area contributed by atoms with Crippen molar-refractivity contribution in [3.05, 3.63) is 71.3 Å². The Bertz CT molecular complexity index is 608. The van der Waals surface area contributed by atoms with Gasteiger partial charge < -0.3 is 0 Å². The molecule has 2 aromatic carbocycles. The van der Waals surface area contributed by atoms with Crippen molar-refractivity contribution in [2.45, 2.75) is 30.7 Å². The summed E-state index contributed by atoms with van der Waals surface area (Å²) in [6.07, 6.45) is 2.43. The van der Waals surface area contributed by atoms with E-state index < -0.39 is 0 Å². The van der Waals surface area contributed by atoms with E-state index in [9.17, 15) is 0 Å². The van der Waals surface area contributed by atoms with Crippen LogP contribution in [0, 0.1) is 5.92 Å². The molecule has 0 amide bonds. The van der Waals surface area contributed by atoms with Crippen molar-refractivity contribution in [2.75, 3.05) is 0 Å². The van der Waals surface area contributed by atoms with Crippen LogP contribution in [-0.4, -0.2) is 6.04 Å². The van der Waals surface area contributed by atoms with Gasteiger partial charge in [0, 0.05) is 12.0 Å². The summed E-state index contributed by atoms with van der Waals surface area (Å²) in [4.78, 5) is 0. The molecule has 0 spiro atoms. The molecule has 4 unspecified atom stereocenters. The van der Waals surface area contributed by atoms with Crippen molar-refractivity contribution in [3.8, 4) is 0 Å². The number of nitrogens with two attached hydrogens (primary N) is 1. The van der Waals surface area contributed by atoms with Gasteiger partial charge in [-0.05, 0) is 41.4 Å². The van der Waals surface area contributed by atoms with E-state index in [1.165, 1.54) is 29.5 Å². The number of benzene rings is 2. The molecular formula is C18H20N2. The Morgan fingerprint density at radius 2 is 1.75 bits per heavy atom. The third kappa shape index (κ3) is 1.88. The van der Waals surface area contributed by atoms with Gasteiger partial charge in [-0.3, -0.25) is 11.3 Å². The van der Waals surface area contributed by atoms with Gasteiger partial charge >= 0.3 is 0 Å². The molecule has 0 aliphatic heterocycles. The highest BCUT2D eigenvalue weighted by Crippen LogP contribution is 2.54. The minimum Gasteiger partial charge on any atom is -0.271 e. The van der Waals surface area contributed by atoms with E-state index in [2.05, 4.69) is 60.0 Å². The maximum absolute atomic E-state index is 5.87. The van der Waals surface area contributed by atoms with Crippen LogP contribution in [0.2, 0.25) is 0 Å². The predicted molar refractivity (Wildman–Crippen MR) is 81.3 cm³/mol. The monoisotopic (exact) mass is 264 g/mol. The minimum atomic E-state index is 0.412. The lowest BCUT2D eigenvalue weighted by atomic mass is 9.72. The van der Waals surface area contributed by atoms with Gasteiger partial charge in [-0.1, -0.05) is 54.6 Å². The van der Waals surface area contributed by atoms with Crippen LogP contribution in [0.1, 0.15) is 34.9 Å². The molecule has 102 valence electrons. The zero-order chi connectivity index (χ0) is 13.5. The molecule has 0 heterocycles. The van der Waals surface area contributed by atoms with Gasteiger partial charge in [0.05, 0.1) is 0 Å². The Morgan fingerprint density at radius 1 is 1.00 bits per heavy atom. The standard InChI is InChI=1S/C18H20N2/c19-20-18(16-10-13-8-4-5-9-14(13)16)17-11-15(17)12-6-2-1-3-7-12/h1-9,15-18,20H,10-11,19H2. The molecule has 0 radical (unpaired) electrons. The number of fused-ring (bicyclic) bond motifs is 1. The first-order valence-electron chi connectivity index (χ1n) is 7.47. The fourth-order valence-corrected chi connectivity index (χ4v) is 3.85. The second-order valence-electron chi connectivity index (χ2n) is 6.12. The molecule has 0 saturated heterocycles. The van der Waals surface area contributed by atoms with E-state index in [0.29, 0.717) is 23.8 Å². The van der Waals surface area contributed by atoms with Crippen LogP contribution in [0.3, 0.4) is 0 Å². The van der Waals surface area contributed by atoms with Crippen LogP contribution in [0.5, 0.6) is 0 Å². The fourth-order valence-electron chi connectivity index (χ4n) is 3.85. The number of hydrogen-bond acceptors (Lipinski definition) is 2. The molecule has 4 rings (SSSR count). The summed E-state index contributed by atoms with van der Waals surface area (Å²) in [5.74, 6) is 7.83. The molecule has 2 aliphatic rings. The summed E-state index contributed by atoms with van der Waals surface area (Å²) in [6.45, 7) is 0. The maximum Gasteiger partial charge on any atom is 0.0316 e. The summed E-state index contributed by atoms with van der Waals surface area (Å²) in [5, 5.41) is 0. The highest BCUT2D eigenvalue weighted by molar-refractivity contribution is 5.42. The van der Waals surface area contributed by atoms with Crippen LogP contribution in [-0.2, 0) is 6.42 Å². The first kappa shape index (κ1) is 12.1.